The van der Waals surface area contributed by atoms with Gasteiger partial charge in [-0.1, -0.05) is 24.0 Å². The first-order valence-electron chi connectivity index (χ1n) is 7.71. The fourth-order valence-electron chi connectivity index (χ4n) is 2.13. The third-order valence-corrected chi connectivity index (χ3v) is 5.05. The van der Waals surface area contributed by atoms with Crippen LogP contribution in [0.4, 0.5) is 5.69 Å². The quantitative estimate of drug-likeness (QED) is 0.820. The first-order valence-corrected chi connectivity index (χ1v) is 9.00. The third-order valence-electron chi connectivity index (χ3n) is 3.48. The normalized spacial score (nSPS) is 14.0. The fourth-order valence-corrected chi connectivity index (χ4v) is 3.69. The van der Waals surface area contributed by atoms with Gasteiger partial charge in [0.2, 0.25) is 5.91 Å². The summed E-state index contributed by atoms with van der Waals surface area (Å²) in [6.07, 6.45) is 0. The summed E-state index contributed by atoms with van der Waals surface area (Å²) in [6.45, 7) is 8.72. The molecule has 1 atom stereocenters. The maximum atomic E-state index is 12.3. The topological polar surface area (TPSA) is 50.8 Å². The third kappa shape index (κ3) is 4.75. The molecular weight excluding hydrogens is 332 g/mol. The Hall–Kier alpha value is -1.47. The maximum absolute atomic E-state index is 12.3. The van der Waals surface area contributed by atoms with Crippen LogP contribution in [-0.2, 0) is 4.79 Å². The van der Waals surface area contributed by atoms with Crippen LogP contribution in [0, 0.1) is 0 Å². The zero-order chi connectivity index (χ0) is 16.8. The van der Waals surface area contributed by atoms with Gasteiger partial charge in [0, 0.05) is 24.8 Å². The predicted octanol–water partition coefficient (Wildman–Crippen LogP) is 3.14. The second kappa shape index (κ2) is 8.40. The highest BCUT2D eigenvalue weighted by Crippen LogP contribution is 2.32. The Bertz CT molecular complexity index is 576. The minimum atomic E-state index is -0.267. The molecule has 1 aromatic rings. The molecule has 1 heterocycles. The molecule has 0 saturated carbocycles. The number of amides is 1. The molecule has 1 aliphatic heterocycles. The van der Waals surface area contributed by atoms with E-state index in [2.05, 4.69) is 24.1 Å². The lowest BCUT2D eigenvalue weighted by Gasteiger charge is -2.23. The molecule has 0 radical (unpaired) electrons. The lowest BCUT2D eigenvalue weighted by atomic mass is 10.2. The van der Waals surface area contributed by atoms with E-state index in [0.717, 1.165) is 17.4 Å². The van der Waals surface area contributed by atoms with Crippen LogP contribution in [0.5, 0.6) is 11.5 Å². The van der Waals surface area contributed by atoms with Crippen LogP contribution in [0.2, 0.25) is 0 Å². The Balaban J connectivity index is 1.94. The molecule has 0 aliphatic carbocycles. The molecule has 0 aromatic heterocycles. The van der Waals surface area contributed by atoms with Gasteiger partial charge in [-0.05, 0) is 32.9 Å². The van der Waals surface area contributed by atoms with Crippen molar-refractivity contribution in [1.29, 1.82) is 0 Å². The van der Waals surface area contributed by atoms with Crippen LogP contribution in [0.25, 0.3) is 0 Å². The minimum absolute atomic E-state index is 0.0822. The SMILES string of the molecule is CCN(CC)C(=S)S[C@@H](C)C(=O)Nc1ccc2c(c1)OCCO2. The summed E-state index contributed by atoms with van der Waals surface area (Å²) < 4.78 is 11.7. The average Bonchev–Trinajstić information content (AvgIpc) is 2.55. The number of fused-ring (bicyclic) bond motifs is 1. The first kappa shape index (κ1) is 17.9. The molecule has 0 bridgehead atoms. The van der Waals surface area contributed by atoms with E-state index in [0.29, 0.717) is 30.4 Å². The Labute approximate surface area is 146 Å². The van der Waals surface area contributed by atoms with E-state index in [4.69, 9.17) is 21.7 Å². The highest BCUT2D eigenvalue weighted by Gasteiger charge is 2.19. The number of anilines is 1. The highest BCUT2D eigenvalue weighted by molar-refractivity contribution is 8.23. The van der Waals surface area contributed by atoms with Crippen LogP contribution in [0.1, 0.15) is 20.8 Å². The zero-order valence-electron chi connectivity index (χ0n) is 13.6. The number of benzene rings is 1. The summed E-state index contributed by atoms with van der Waals surface area (Å²) in [4.78, 5) is 14.4. The summed E-state index contributed by atoms with van der Waals surface area (Å²) in [5.74, 6) is 1.29. The standard InChI is InChI=1S/C16H22N2O3S2/c1-4-18(5-2)16(22)23-11(3)15(19)17-12-6-7-13-14(10-12)21-9-8-20-13/h6-7,10-11H,4-5,8-9H2,1-3H3,(H,17,19)/t11-/m0/s1. The molecule has 1 amide bonds. The van der Waals surface area contributed by atoms with Crippen molar-refractivity contribution in [2.75, 3.05) is 31.6 Å². The second-order valence-corrected chi connectivity index (χ2v) is 7.02. The van der Waals surface area contributed by atoms with Crippen molar-refractivity contribution in [3.05, 3.63) is 18.2 Å². The van der Waals surface area contributed by atoms with Gasteiger partial charge >= 0.3 is 0 Å². The number of hydrogen-bond acceptors (Lipinski definition) is 5. The lowest BCUT2D eigenvalue weighted by Crippen LogP contribution is -2.31. The van der Waals surface area contributed by atoms with Gasteiger partial charge in [-0.15, -0.1) is 0 Å². The summed E-state index contributed by atoms with van der Waals surface area (Å²) in [7, 11) is 0. The van der Waals surface area contributed by atoms with Gasteiger partial charge in [-0.3, -0.25) is 4.79 Å². The Kier molecular flexibility index (Phi) is 6.53. The number of nitrogens with one attached hydrogen (secondary N) is 1. The van der Waals surface area contributed by atoms with Crippen LogP contribution >= 0.6 is 24.0 Å². The maximum Gasteiger partial charge on any atom is 0.237 e. The predicted molar refractivity (Wildman–Crippen MR) is 98.6 cm³/mol. The molecule has 1 aromatic carbocycles. The van der Waals surface area contributed by atoms with Crippen molar-refractivity contribution in [1.82, 2.24) is 4.90 Å². The molecule has 1 aliphatic rings. The van der Waals surface area contributed by atoms with Gasteiger partial charge < -0.3 is 19.7 Å². The van der Waals surface area contributed by atoms with E-state index in [-0.39, 0.29) is 11.2 Å². The second-order valence-electron chi connectivity index (χ2n) is 5.05. The number of thioether (sulfide) groups is 1. The largest absolute Gasteiger partial charge is 0.486 e. The van der Waals surface area contributed by atoms with E-state index in [9.17, 15) is 4.79 Å². The van der Waals surface area contributed by atoms with Gasteiger partial charge in [0.05, 0.1) is 5.25 Å². The molecule has 1 N–H and O–H groups in total. The molecular formula is C16H22N2O3S2. The minimum Gasteiger partial charge on any atom is -0.486 e. The molecule has 0 spiro atoms. The van der Waals surface area contributed by atoms with E-state index in [1.165, 1.54) is 11.8 Å². The summed E-state index contributed by atoms with van der Waals surface area (Å²) in [5.41, 5.74) is 0.695. The number of rotatable bonds is 5. The van der Waals surface area contributed by atoms with Crippen molar-refractivity contribution in [3.8, 4) is 11.5 Å². The molecule has 0 unspecified atom stereocenters. The van der Waals surface area contributed by atoms with E-state index >= 15 is 0 Å². The molecule has 7 heteroatoms. The molecule has 0 saturated heterocycles. The van der Waals surface area contributed by atoms with Gasteiger partial charge in [0.1, 0.15) is 17.5 Å². The van der Waals surface area contributed by atoms with E-state index in [1.54, 1.807) is 6.07 Å². The van der Waals surface area contributed by atoms with Gasteiger partial charge in [0.15, 0.2) is 11.5 Å². The highest BCUT2D eigenvalue weighted by atomic mass is 32.2. The number of hydrogen-bond donors (Lipinski definition) is 1. The number of ether oxygens (including phenoxy) is 2. The van der Waals surface area contributed by atoms with Gasteiger partial charge in [-0.2, -0.15) is 0 Å². The van der Waals surface area contributed by atoms with Gasteiger partial charge in [-0.25, -0.2) is 0 Å². The van der Waals surface area contributed by atoms with Crippen LogP contribution in [0.3, 0.4) is 0 Å². The van der Waals surface area contributed by atoms with Crippen LogP contribution in [-0.4, -0.2) is 46.7 Å². The molecule has 5 nitrogen and oxygen atoms in total. The van der Waals surface area contributed by atoms with Crippen molar-refractivity contribution in [3.63, 3.8) is 0 Å². The van der Waals surface area contributed by atoms with Crippen molar-refractivity contribution >= 4 is 39.9 Å². The van der Waals surface area contributed by atoms with Crippen LogP contribution in [0.15, 0.2) is 18.2 Å². The lowest BCUT2D eigenvalue weighted by molar-refractivity contribution is -0.115. The smallest absolute Gasteiger partial charge is 0.237 e. The molecule has 126 valence electrons. The summed E-state index contributed by atoms with van der Waals surface area (Å²) in [6, 6.07) is 5.40. The number of carbonyl (C=O) groups excluding carboxylic acids is 1. The fraction of sp³-hybridized carbons (Fsp3) is 0.500. The van der Waals surface area contributed by atoms with Crippen LogP contribution < -0.4 is 14.8 Å². The zero-order valence-corrected chi connectivity index (χ0v) is 15.3. The number of carbonyl (C=O) groups is 1. The van der Waals surface area contributed by atoms with Crippen molar-refractivity contribution in [2.45, 2.75) is 26.0 Å². The Morgan fingerprint density at radius 1 is 1.30 bits per heavy atom. The van der Waals surface area contributed by atoms with Gasteiger partial charge in [0.25, 0.3) is 0 Å². The summed E-state index contributed by atoms with van der Waals surface area (Å²) >= 11 is 6.79. The van der Waals surface area contributed by atoms with E-state index < -0.39 is 0 Å². The average molecular weight is 354 g/mol. The Morgan fingerprint density at radius 2 is 1.96 bits per heavy atom. The number of thiocarbonyl (C=S) groups is 1. The molecule has 2 rings (SSSR count). The van der Waals surface area contributed by atoms with E-state index in [1.807, 2.05) is 19.1 Å². The molecule has 23 heavy (non-hydrogen) atoms. The summed E-state index contributed by atoms with van der Waals surface area (Å²) in [5, 5.41) is 2.63. The molecule has 0 fully saturated rings. The Morgan fingerprint density at radius 3 is 2.61 bits per heavy atom. The number of nitrogens with zero attached hydrogens (tertiary/aromatic N) is 1. The van der Waals surface area contributed by atoms with Crippen molar-refractivity contribution < 1.29 is 14.3 Å². The first-order chi connectivity index (χ1) is 11.0. The monoisotopic (exact) mass is 354 g/mol. The van der Waals surface area contributed by atoms with Crippen molar-refractivity contribution in [2.24, 2.45) is 0 Å².